The monoisotopic (exact) mass is 399 g/mol. The maximum Gasteiger partial charge on any atom is 0.315 e. The Bertz CT molecular complexity index is 914. The van der Waals surface area contributed by atoms with Crippen LogP contribution in [0.5, 0.6) is 0 Å². The van der Waals surface area contributed by atoms with Crippen molar-refractivity contribution in [2.75, 3.05) is 13.1 Å². The zero-order valence-electron chi connectivity index (χ0n) is 16.3. The van der Waals surface area contributed by atoms with Crippen LogP contribution in [0.2, 0.25) is 0 Å². The molecule has 0 atom stereocenters. The van der Waals surface area contributed by atoms with Gasteiger partial charge in [0.25, 0.3) is 11.8 Å². The van der Waals surface area contributed by atoms with Gasteiger partial charge in [-0.1, -0.05) is 24.3 Å². The number of halogens is 2. The van der Waals surface area contributed by atoms with Gasteiger partial charge in [0.1, 0.15) is 0 Å². The number of hydrogen-bond acceptors (Lipinski definition) is 3. The van der Waals surface area contributed by atoms with Gasteiger partial charge in [0.15, 0.2) is 0 Å². The number of rotatable bonds is 3. The molecule has 1 aromatic heterocycles. The molecular weight excluding hydrogens is 376 g/mol. The molecule has 0 bridgehead atoms. The van der Waals surface area contributed by atoms with E-state index in [1.807, 2.05) is 48.2 Å². The summed E-state index contributed by atoms with van der Waals surface area (Å²) in [6.07, 6.45) is -1.93. The molecule has 2 aromatic rings. The Morgan fingerprint density at radius 3 is 2.21 bits per heavy atom. The number of aryl methyl sites for hydroxylation is 1. The van der Waals surface area contributed by atoms with E-state index in [2.05, 4.69) is 4.98 Å². The number of alkyl halides is 2. The maximum absolute atomic E-state index is 13.3. The Morgan fingerprint density at radius 1 is 1.00 bits per heavy atom. The topological polar surface area (TPSA) is 53.5 Å². The van der Waals surface area contributed by atoms with Crippen LogP contribution in [0.4, 0.5) is 8.78 Å². The van der Waals surface area contributed by atoms with Gasteiger partial charge in [-0.15, -0.1) is 0 Å². The van der Waals surface area contributed by atoms with E-state index in [9.17, 15) is 18.4 Å². The molecule has 3 heterocycles. The van der Waals surface area contributed by atoms with Gasteiger partial charge in [0, 0.05) is 37.8 Å². The van der Waals surface area contributed by atoms with Gasteiger partial charge in [-0.05, 0) is 43.0 Å². The maximum atomic E-state index is 13.3. The first-order chi connectivity index (χ1) is 13.9. The molecule has 0 radical (unpaired) electrons. The van der Waals surface area contributed by atoms with E-state index in [0.29, 0.717) is 31.5 Å². The van der Waals surface area contributed by atoms with E-state index < -0.39 is 12.3 Å². The molecule has 0 spiro atoms. The zero-order chi connectivity index (χ0) is 20.5. The molecule has 5 nitrogen and oxygen atoms in total. The number of nitrogens with zero attached hydrogens (tertiary/aromatic N) is 3. The largest absolute Gasteiger partial charge is 0.338 e. The van der Waals surface area contributed by atoms with Crippen LogP contribution >= 0.6 is 0 Å². The molecule has 1 fully saturated rings. The fourth-order valence-corrected chi connectivity index (χ4v) is 4.23. The van der Waals surface area contributed by atoms with Gasteiger partial charge in [-0.3, -0.25) is 14.6 Å². The molecule has 7 heteroatoms. The Balaban J connectivity index is 1.53. The van der Waals surface area contributed by atoms with Gasteiger partial charge in [-0.2, -0.15) is 8.78 Å². The summed E-state index contributed by atoms with van der Waals surface area (Å²) in [5.41, 5.74) is 4.41. The highest BCUT2D eigenvalue weighted by Gasteiger charge is 2.32. The molecule has 0 aliphatic carbocycles. The Kier molecular flexibility index (Phi) is 5.30. The normalized spacial score (nSPS) is 17.0. The summed E-state index contributed by atoms with van der Waals surface area (Å²) >= 11 is 0. The summed E-state index contributed by atoms with van der Waals surface area (Å²) in [4.78, 5) is 32.5. The van der Waals surface area contributed by atoms with E-state index in [-0.39, 0.29) is 24.9 Å². The number of likely N-dealkylation sites (tertiary alicyclic amines) is 1. The highest BCUT2D eigenvalue weighted by Crippen LogP contribution is 2.32. The molecule has 4 rings (SSSR count). The molecular formula is C22H23F2N3O2. The molecule has 0 saturated carbocycles. The first-order valence-electron chi connectivity index (χ1n) is 9.84. The number of amides is 2. The lowest BCUT2D eigenvalue weighted by molar-refractivity contribution is -0.143. The number of carbonyl (C=O) groups is 2. The molecule has 29 heavy (non-hydrogen) atoms. The number of aromatic nitrogens is 1. The number of pyridine rings is 1. The summed E-state index contributed by atoms with van der Waals surface area (Å²) in [6, 6.07) is 11.7. The van der Waals surface area contributed by atoms with Crippen molar-refractivity contribution in [1.29, 1.82) is 0 Å². The second-order valence-corrected chi connectivity index (χ2v) is 7.72. The summed E-state index contributed by atoms with van der Waals surface area (Å²) in [5.74, 6) is -1.21. The second-order valence-electron chi connectivity index (χ2n) is 7.72. The summed E-state index contributed by atoms with van der Waals surface area (Å²) in [7, 11) is 0. The molecule has 2 amide bonds. The number of piperidine rings is 1. The van der Waals surface area contributed by atoms with Crippen LogP contribution in [-0.2, 0) is 17.9 Å². The quantitative estimate of drug-likeness (QED) is 0.794. The van der Waals surface area contributed by atoms with Gasteiger partial charge >= 0.3 is 6.43 Å². The van der Waals surface area contributed by atoms with E-state index in [1.165, 1.54) is 4.90 Å². The van der Waals surface area contributed by atoms with Crippen LogP contribution in [0, 0.1) is 6.92 Å². The summed E-state index contributed by atoms with van der Waals surface area (Å²) < 4.78 is 25.4. The minimum Gasteiger partial charge on any atom is -0.338 e. The average Bonchev–Trinajstić information content (AvgIpc) is 3.17. The van der Waals surface area contributed by atoms with Crippen LogP contribution in [0.3, 0.4) is 0 Å². The first kappa shape index (κ1) is 19.5. The molecule has 0 unspecified atom stereocenters. The lowest BCUT2D eigenvalue weighted by Crippen LogP contribution is -2.41. The van der Waals surface area contributed by atoms with Gasteiger partial charge in [0.05, 0.1) is 11.3 Å². The van der Waals surface area contributed by atoms with E-state index in [0.717, 1.165) is 22.5 Å². The van der Waals surface area contributed by atoms with Crippen molar-refractivity contribution in [2.45, 2.75) is 45.2 Å². The highest BCUT2D eigenvalue weighted by atomic mass is 19.3. The van der Waals surface area contributed by atoms with Crippen LogP contribution in [-0.4, -0.2) is 46.1 Å². The number of carbonyl (C=O) groups excluding carboxylic acids is 2. The third-order valence-electron chi connectivity index (χ3n) is 5.80. The van der Waals surface area contributed by atoms with Crippen LogP contribution in [0.25, 0.3) is 0 Å². The Morgan fingerprint density at radius 2 is 1.62 bits per heavy atom. The fourth-order valence-electron chi connectivity index (χ4n) is 4.23. The van der Waals surface area contributed by atoms with Crippen molar-refractivity contribution in [1.82, 2.24) is 14.8 Å². The van der Waals surface area contributed by atoms with Gasteiger partial charge < -0.3 is 9.80 Å². The van der Waals surface area contributed by atoms with Crippen LogP contribution in [0.1, 0.15) is 51.6 Å². The lowest BCUT2D eigenvalue weighted by Gasteiger charge is -2.32. The average molecular weight is 399 g/mol. The van der Waals surface area contributed by atoms with E-state index in [4.69, 9.17) is 0 Å². The lowest BCUT2D eigenvalue weighted by atomic mass is 9.89. The van der Waals surface area contributed by atoms with Crippen molar-refractivity contribution >= 4 is 11.8 Å². The predicted octanol–water partition coefficient (Wildman–Crippen LogP) is 3.52. The number of benzene rings is 1. The predicted molar refractivity (Wildman–Crippen MR) is 104 cm³/mol. The molecule has 152 valence electrons. The zero-order valence-corrected chi connectivity index (χ0v) is 16.3. The van der Waals surface area contributed by atoms with Crippen LogP contribution < -0.4 is 0 Å². The third-order valence-corrected chi connectivity index (χ3v) is 5.80. The smallest absolute Gasteiger partial charge is 0.315 e. The number of hydrogen-bond donors (Lipinski definition) is 0. The molecule has 2 aliphatic rings. The Labute approximate surface area is 168 Å². The van der Waals surface area contributed by atoms with Crippen molar-refractivity contribution < 1.29 is 18.4 Å². The molecule has 1 saturated heterocycles. The number of fused-ring (bicyclic) bond motifs is 1. The molecule has 2 aliphatic heterocycles. The van der Waals surface area contributed by atoms with Crippen LogP contribution in [0.15, 0.2) is 36.4 Å². The molecule has 0 N–H and O–H groups in total. The van der Waals surface area contributed by atoms with Gasteiger partial charge in [0.2, 0.25) is 0 Å². The first-order valence-corrected chi connectivity index (χ1v) is 9.84. The minimum absolute atomic E-state index is 0.0273. The standard InChI is InChI=1S/C22H23F2N3O2/c1-14-6-7-18(21(28)27-12-16-4-2-3-5-17(16)13-27)19(25-14)15-8-10-26(11-9-15)22(29)20(23)24/h2-7,15,20H,8-13H2,1H3. The van der Waals surface area contributed by atoms with Crippen molar-refractivity contribution in [3.8, 4) is 0 Å². The van der Waals surface area contributed by atoms with Crippen molar-refractivity contribution in [3.05, 3.63) is 64.5 Å². The Hall–Kier alpha value is -2.83. The van der Waals surface area contributed by atoms with E-state index in [1.54, 1.807) is 0 Å². The minimum atomic E-state index is -2.97. The second kappa shape index (κ2) is 7.89. The molecule has 1 aromatic carbocycles. The highest BCUT2D eigenvalue weighted by molar-refractivity contribution is 5.95. The summed E-state index contributed by atoms with van der Waals surface area (Å²) in [6.45, 7) is 3.53. The van der Waals surface area contributed by atoms with Gasteiger partial charge in [-0.25, -0.2) is 0 Å². The SMILES string of the molecule is Cc1ccc(C(=O)N2Cc3ccccc3C2)c(C2CCN(C(=O)C(F)F)CC2)n1. The van der Waals surface area contributed by atoms with Crippen molar-refractivity contribution in [2.24, 2.45) is 0 Å². The van der Waals surface area contributed by atoms with E-state index >= 15 is 0 Å². The summed E-state index contributed by atoms with van der Waals surface area (Å²) in [5, 5.41) is 0. The van der Waals surface area contributed by atoms with Crippen molar-refractivity contribution in [3.63, 3.8) is 0 Å². The third kappa shape index (κ3) is 3.86. The fraction of sp³-hybridized carbons (Fsp3) is 0.409.